The lowest BCUT2D eigenvalue weighted by Crippen LogP contribution is -2.49. The first-order valence-corrected chi connectivity index (χ1v) is 5.78. The van der Waals surface area contributed by atoms with Gasteiger partial charge < -0.3 is 20.4 Å². The Kier molecular flexibility index (Phi) is 7.18. The third kappa shape index (κ3) is 4.57. The molecule has 108 valence electrons. The zero-order valence-corrected chi connectivity index (χ0v) is 12.1. The summed E-state index contributed by atoms with van der Waals surface area (Å²) in [5.74, 6) is -0.410. The average molecular weight is 290 g/mol. The highest BCUT2D eigenvalue weighted by molar-refractivity contribution is 5.95. The van der Waals surface area contributed by atoms with Gasteiger partial charge in [-0.15, -0.1) is 12.4 Å². The maximum absolute atomic E-state index is 12.0. The van der Waals surface area contributed by atoms with Crippen LogP contribution in [0, 0.1) is 0 Å². The summed E-state index contributed by atoms with van der Waals surface area (Å²) in [6.45, 7) is 3.85. The Morgan fingerprint density at radius 2 is 2.11 bits per heavy atom. The van der Waals surface area contributed by atoms with Gasteiger partial charge in [-0.2, -0.15) is 0 Å². The topological polar surface area (TPSA) is 88.6 Å². The van der Waals surface area contributed by atoms with Crippen LogP contribution in [0.15, 0.2) is 22.8 Å². The Labute approximate surface area is 118 Å². The Morgan fingerprint density at radius 1 is 1.47 bits per heavy atom. The van der Waals surface area contributed by atoms with E-state index in [0.717, 1.165) is 0 Å². The summed E-state index contributed by atoms with van der Waals surface area (Å²) in [5.41, 5.74) is 5.49. The van der Waals surface area contributed by atoms with Crippen molar-refractivity contribution in [2.75, 3.05) is 13.6 Å². The number of hydrogen-bond donors (Lipinski definition) is 2. The normalized spacial score (nSPS) is 13.1. The number of carbonyl (C=O) groups excluding carboxylic acids is 2. The lowest BCUT2D eigenvalue weighted by Gasteiger charge is -2.26. The molecular weight excluding hydrogens is 270 g/mol. The fourth-order valence-electron chi connectivity index (χ4n) is 1.42. The SMILES string of the molecule is CC(NC(=O)c1ccco1)C(=O)N(C)C(C)CN.Cl. The van der Waals surface area contributed by atoms with Crippen molar-refractivity contribution < 1.29 is 14.0 Å². The van der Waals surface area contributed by atoms with Crippen LogP contribution in [0.25, 0.3) is 0 Å². The van der Waals surface area contributed by atoms with Crippen molar-refractivity contribution in [1.29, 1.82) is 0 Å². The molecular formula is C12H20ClN3O3. The smallest absolute Gasteiger partial charge is 0.287 e. The molecule has 0 saturated heterocycles. The summed E-state index contributed by atoms with van der Waals surface area (Å²) in [5, 5.41) is 2.58. The molecule has 2 amide bonds. The number of nitrogens with two attached hydrogens (primary N) is 1. The van der Waals surface area contributed by atoms with Crippen LogP contribution in [-0.2, 0) is 4.79 Å². The summed E-state index contributed by atoms with van der Waals surface area (Å²) < 4.78 is 4.95. The van der Waals surface area contributed by atoms with Gasteiger partial charge in [0.25, 0.3) is 5.91 Å². The van der Waals surface area contributed by atoms with E-state index in [9.17, 15) is 9.59 Å². The molecule has 1 aromatic heterocycles. The van der Waals surface area contributed by atoms with E-state index in [-0.39, 0.29) is 30.1 Å². The molecule has 1 aromatic rings. The third-order valence-electron chi connectivity index (χ3n) is 2.81. The molecule has 0 aliphatic rings. The second-order valence-corrected chi connectivity index (χ2v) is 4.21. The number of hydrogen-bond acceptors (Lipinski definition) is 4. The summed E-state index contributed by atoms with van der Waals surface area (Å²) >= 11 is 0. The van der Waals surface area contributed by atoms with Crippen LogP contribution in [0.2, 0.25) is 0 Å². The van der Waals surface area contributed by atoms with Gasteiger partial charge >= 0.3 is 0 Å². The number of amides is 2. The van der Waals surface area contributed by atoms with E-state index in [1.165, 1.54) is 11.2 Å². The first-order valence-electron chi connectivity index (χ1n) is 5.78. The quantitative estimate of drug-likeness (QED) is 0.832. The molecule has 0 aliphatic heterocycles. The van der Waals surface area contributed by atoms with Crippen LogP contribution in [0.3, 0.4) is 0 Å². The molecule has 0 saturated carbocycles. The highest BCUT2D eigenvalue weighted by atomic mass is 35.5. The lowest BCUT2D eigenvalue weighted by molar-refractivity contribution is -0.133. The van der Waals surface area contributed by atoms with Crippen molar-refractivity contribution in [3.05, 3.63) is 24.2 Å². The van der Waals surface area contributed by atoms with Crippen molar-refractivity contribution in [3.8, 4) is 0 Å². The number of carbonyl (C=O) groups is 2. The molecule has 0 bridgehead atoms. The zero-order chi connectivity index (χ0) is 13.7. The standard InChI is InChI=1S/C12H19N3O3.ClH/c1-8(7-13)15(3)12(17)9(2)14-11(16)10-5-4-6-18-10;/h4-6,8-9H,7,13H2,1-3H3,(H,14,16);1H. The molecule has 7 heteroatoms. The molecule has 2 unspecified atom stereocenters. The van der Waals surface area contributed by atoms with Crippen LogP contribution in [0.1, 0.15) is 24.4 Å². The van der Waals surface area contributed by atoms with Crippen molar-refractivity contribution in [3.63, 3.8) is 0 Å². The van der Waals surface area contributed by atoms with Gasteiger partial charge in [0, 0.05) is 19.6 Å². The number of halogens is 1. The van der Waals surface area contributed by atoms with Crippen LogP contribution in [0.4, 0.5) is 0 Å². The van der Waals surface area contributed by atoms with E-state index in [1.807, 2.05) is 6.92 Å². The first kappa shape index (κ1) is 17.5. The molecule has 0 fully saturated rings. The van der Waals surface area contributed by atoms with E-state index in [4.69, 9.17) is 10.2 Å². The molecule has 1 heterocycles. The second kappa shape index (κ2) is 7.81. The van der Waals surface area contributed by atoms with Crippen LogP contribution in [0.5, 0.6) is 0 Å². The molecule has 19 heavy (non-hydrogen) atoms. The van der Waals surface area contributed by atoms with Gasteiger partial charge in [0.2, 0.25) is 5.91 Å². The second-order valence-electron chi connectivity index (χ2n) is 4.21. The predicted octanol–water partition coefficient (Wildman–Crippen LogP) is 0.625. The van der Waals surface area contributed by atoms with Gasteiger partial charge in [0.1, 0.15) is 6.04 Å². The largest absolute Gasteiger partial charge is 0.459 e. The van der Waals surface area contributed by atoms with Gasteiger partial charge in [-0.05, 0) is 26.0 Å². The van der Waals surface area contributed by atoms with Crippen LogP contribution in [-0.4, -0.2) is 42.4 Å². The van der Waals surface area contributed by atoms with Crippen molar-refractivity contribution in [1.82, 2.24) is 10.2 Å². The molecule has 6 nitrogen and oxygen atoms in total. The number of furan rings is 1. The van der Waals surface area contributed by atoms with Gasteiger partial charge in [0.05, 0.1) is 6.26 Å². The summed E-state index contributed by atoms with van der Waals surface area (Å²) in [6, 6.07) is 2.46. The van der Waals surface area contributed by atoms with Crippen LogP contribution >= 0.6 is 12.4 Å². The fourth-order valence-corrected chi connectivity index (χ4v) is 1.42. The Balaban J connectivity index is 0.00000324. The lowest BCUT2D eigenvalue weighted by atomic mass is 10.2. The Hall–Kier alpha value is -1.53. The first-order chi connectivity index (χ1) is 8.47. The Bertz CT molecular complexity index is 408. The average Bonchev–Trinajstić information content (AvgIpc) is 2.89. The van der Waals surface area contributed by atoms with Crippen molar-refractivity contribution >= 4 is 24.2 Å². The van der Waals surface area contributed by atoms with E-state index in [1.54, 1.807) is 26.1 Å². The maximum atomic E-state index is 12.0. The van der Waals surface area contributed by atoms with E-state index in [0.29, 0.717) is 6.54 Å². The minimum atomic E-state index is -0.624. The van der Waals surface area contributed by atoms with Crippen LogP contribution < -0.4 is 11.1 Å². The molecule has 0 aliphatic carbocycles. The highest BCUT2D eigenvalue weighted by Crippen LogP contribution is 2.02. The number of likely N-dealkylation sites (N-methyl/N-ethyl adjacent to an activating group) is 1. The van der Waals surface area contributed by atoms with Gasteiger partial charge in [-0.1, -0.05) is 0 Å². The molecule has 0 radical (unpaired) electrons. The van der Waals surface area contributed by atoms with E-state index >= 15 is 0 Å². The monoisotopic (exact) mass is 289 g/mol. The number of rotatable bonds is 5. The maximum Gasteiger partial charge on any atom is 0.287 e. The van der Waals surface area contributed by atoms with Gasteiger partial charge in [0.15, 0.2) is 5.76 Å². The Morgan fingerprint density at radius 3 is 2.58 bits per heavy atom. The number of nitrogens with zero attached hydrogens (tertiary/aromatic N) is 1. The third-order valence-corrected chi connectivity index (χ3v) is 2.81. The fraction of sp³-hybridized carbons (Fsp3) is 0.500. The summed E-state index contributed by atoms with van der Waals surface area (Å²) in [6.07, 6.45) is 1.41. The molecule has 0 spiro atoms. The molecule has 3 N–H and O–H groups in total. The summed E-state index contributed by atoms with van der Waals surface area (Å²) in [7, 11) is 1.66. The van der Waals surface area contributed by atoms with E-state index in [2.05, 4.69) is 5.32 Å². The van der Waals surface area contributed by atoms with Gasteiger partial charge in [-0.3, -0.25) is 9.59 Å². The number of nitrogens with one attached hydrogen (secondary N) is 1. The zero-order valence-electron chi connectivity index (χ0n) is 11.3. The summed E-state index contributed by atoms with van der Waals surface area (Å²) in [4.78, 5) is 25.2. The molecule has 0 aromatic carbocycles. The molecule has 2 atom stereocenters. The molecule has 1 rings (SSSR count). The minimum absolute atomic E-state index is 0. The van der Waals surface area contributed by atoms with E-state index < -0.39 is 11.9 Å². The highest BCUT2D eigenvalue weighted by Gasteiger charge is 2.23. The van der Waals surface area contributed by atoms with Crippen molar-refractivity contribution in [2.24, 2.45) is 5.73 Å². The van der Waals surface area contributed by atoms with Crippen molar-refractivity contribution in [2.45, 2.75) is 25.9 Å². The predicted molar refractivity (Wildman–Crippen MR) is 74.2 cm³/mol. The minimum Gasteiger partial charge on any atom is -0.459 e. The van der Waals surface area contributed by atoms with Gasteiger partial charge in [-0.25, -0.2) is 0 Å².